The van der Waals surface area contributed by atoms with Crippen LogP contribution in [0.15, 0.2) is 10.6 Å². The van der Waals surface area contributed by atoms with E-state index < -0.39 is 0 Å². The SMILES string of the molecule is Cc1cc(C(=O)NCC2(N3CCOCC3)CCCCC2)on1. The summed E-state index contributed by atoms with van der Waals surface area (Å²) in [6, 6.07) is 1.68. The van der Waals surface area contributed by atoms with E-state index in [0.717, 1.165) is 44.8 Å². The number of amides is 1. The van der Waals surface area contributed by atoms with Crippen LogP contribution in [0.4, 0.5) is 0 Å². The Morgan fingerprint density at radius 1 is 1.32 bits per heavy atom. The van der Waals surface area contributed by atoms with Gasteiger partial charge in [0.25, 0.3) is 5.91 Å². The highest BCUT2D eigenvalue weighted by atomic mass is 16.5. The fourth-order valence-corrected chi connectivity index (χ4v) is 3.65. The van der Waals surface area contributed by atoms with E-state index >= 15 is 0 Å². The van der Waals surface area contributed by atoms with Crippen LogP contribution in [0.1, 0.15) is 48.4 Å². The van der Waals surface area contributed by atoms with Crippen molar-refractivity contribution in [3.63, 3.8) is 0 Å². The maximum atomic E-state index is 12.2. The Balaban J connectivity index is 1.66. The van der Waals surface area contributed by atoms with Crippen molar-refractivity contribution in [2.45, 2.75) is 44.6 Å². The summed E-state index contributed by atoms with van der Waals surface area (Å²) >= 11 is 0. The Morgan fingerprint density at radius 2 is 2.05 bits per heavy atom. The molecule has 1 N–H and O–H groups in total. The van der Waals surface area contributed by atoms with Crippen molar-refractivity contribution in [3.8, 4) is 0 Å². The van der Waals surface area contributed by atoms with Crippen molar-refractivity contribution >= 4 is 5.91 Å². The molecule has 3 rings (SSSR count). The number of nitrogens with zero attached hydrogens (tertiary/aromatic N) is 2. The number of carbonyl (C=O) groups excluding carboxylic acids is 1. The van der Waals surface area contributed by atoms with E-state index in [4.69, 9.17) is 9.26 Å². The van der Waals surface area contributed by atoms with E-state index in [1.807, 2.05) is 6.92 Å². The van der Waals surface area contributed by atoms with E-state index in [-0.39, 0.29) is 11.4 Å². The molecule has 0 spiro atoms. The second-order valence-electron chi connectivity index (χ2n) is 6.40. The summed E-state index contributed by atoms with van der Waals surface area (Å²) in [6.07, 6.45) is 6.04. The molecule has 0 unspecified atom stereocenters. The average Bonchev–Trinajstić information content (AvgIpc) is 3.01. The molecule has 0 aromatic carbocycles. The molecule has 0 bridgehead atoms. The topological polar surface area (TPSA) is 67.6 Å². The zero-order chi connectivity index (χ0) is 15.4. The van der Waals surface area contributed by atoms with Crippen LogP contribution in [0.25, 0.3) is 0 Å². The summed E-state index contributed by atoms with van der Waals surface area (Å²) in [5.74, 6) is 0.129. The van der Waals surface area contributed by atoms with Crippen LogP contribution in [0.2, 0.25) is 0 Å². The molecular weight excluding hydrogens is 282 g/mol. The number of aryl methyl sites for hydroxylation is 1. The first-order valence-corrected chi connectivity index (χ1v) is 8.24. The lowest BCUT2D eigenvalue weighted by Gasteiger charge is -2.48. The number of hydrogen-bond acceptors (Lipinski definition) is 5. The summed E-state index contributed by atoms with van der Waals surface area (Å²) in [4.78, 5) is 14.8. The van der Waals surface area contributed by atoms with Gasteiger partial charge in [-0.3, -0.25) is 9.69 Å². The second kappa shape index (κ2) is 6.79. The van der Waals surface area contributed by atoms with E-state index in [0.29, 0.717) is 12.3 Å². The largest absolute Gasteiger partial charge is 0.379 e. The molecule has 1 saturated carbocycles. The maximum Gasteiger partial charge on any atom is 0.289 e. The number of aromatic nitrogens is 1. The molecule has 2 aliphatic rings. The first kappa shape index (κ1) is 15.5. The molecule has 122 valence electrons. The van der Waals surface area contributed by atoms with Crippen molar-refractivity contribution < 1.29 is 14.1 Å². The lowest BCUT2D eigenvalue weighted by molar-refractivity contribution is -0.0362. The minimum absolute atomic E-state index is 0.0761. The molecule has 1 aliphatic carbocycles. The first-order valence-electron chi connectivity index (χ1n) is 8.24. The van der Waals surface area contributed by atoms with E-state index in [9.17, 15) is 4.79 Å². The standard InChI is InChI=1S/C16H25N3O3/c1-13-11-14(22-18-13)15(20)17-12-16(5-3-2-4-6-16)19-7-9-21-10-8-19/h11H,2-10,12H2,1H3,(H,17,20). The Labute approximate surface area is 131 Å². The summed E-state index contributed by atoms with van der Waals surface area (Å²) in [6.45, 7) is 5.98. The van der Waals surface area contributed by atoms with Crippen LogP contribution >= 0.6 is 0 Å². The molecule has 1 aromatic rings. The third-order valence-corrected chi connectivity index (χ3v) is 4.90. The van der Waals surface area contributed by atoms with Crippen molar-refractivity contribution in [1.82, 2.24) is 15.4 Å². The predicted octanol–water partition coefficient (Wildman–Crippen LogP) is 1.75. The zero-order valence-corrected chi connectivity index (χ0v) is 13.3. The monoisotopic (exact) mass is 307 g/mol. The van der Waals surface area contributed by atoms with Gasteiger partial charge in [-0.1, -0.05) is 24.4 Å². The third-order valence-electron chi connectivity index (χ3n) is 4.90. The lowest BCUT2D eigenvalue weighted by atomic mass is 9.79. The maximum absolute atomic E-state index is 12.2. The van der Waals surface area contributed by atoms with Crippen LogP contribution in [0.5, 0.6) is 0 Å². The Hall–Kier alpha value is -1.40. The third kappa shape index (κ3) is 3.33. The van der Waals surface area contributed by atoms with Gasteiger partial charge in [-0.15, -0.1) is 0 Å². The van der Waals surface area contributed by atoms with Gasteiger partial charge >= 0.3 is 0 Å². The van der Waals surface area contributed by atoms with Crippen LogP contribution < -0.4 is 5.32 Å². The molecule has 0 radical (unpaired) electrons. The summed E-state index contributed by atoms with van der Waals surface area (Å²) in [7, 11) is 0. The molecule has 1 amide bonds. The number of ether oxygens (including phenoxy) is 1. The van der Waals surface area contributed by atoms with Crippen LogP contribution in [-0.2, 0) is 4.74 Å². The molecule has 1 aliphatic heterocycles. The molecule has 2 heterocycles. The molecule has 2 fully saturated rings. The summed E-state index contributed by atoms with van der Waals surface area (Å²) in [5.41, 5.74) is 0.804. The first-order chi connectivity index (χ1) is 10.7. The molecular formula is C16H25N3O3. The van der Waals surface area contributed by atoms with Gasteiger partial charge in [-0.25, -0.2) is 0 Å². The minimum Gasteiger partial charge on any atom is -0.379 e. The predicted molar refractivity (Wildman–Crippen MR) is 81.8 cm³/mol. The van der Waals surface area contributed by atoms with Crippen molar-refractivity contribution in [2.24, 2.45) is 0 Å². The quantitative estimate of drug-likeness (QED) is 0.918. The van der Waals surface area contributed by atoms with Gasteiger partial charge in [0, 0.05) is 31.2 Å². The molecule has 6 nitrogen and oxygen atoms in total. The van der Waals surface area contributed by atoms with Crippen LogP contribution in [0.3, 0.4) is 0 Å². The van der Waals surface area contributed by atoms with Crippen LogP contribution in [0, 0.1) is 6.92 Å². The fourth-order valence-electron chi connectivity index (χ4n) is 3.65. The van der Waals surface area contributed by atoms with Crippen molar-refractivity contribution in [3.05, 3.63) is 17.5 Å². The summed E-state index contributed by atoms with van der Waals surface area (Å²) in [5, 5.41) is 6.84. The van der Waals surface area contributed by atoms with Crippen molar-refractivity contribution in [2.75, 3.05) is 32.8 Å². The van der Waals surface area contributed by atoms with E-state index in [1.54, 1.807) is 6.07 Å². The van der Waals surface area contributed by atoms with Crippen LogP contribution in [-0.4, -0.2) is 54.4 Å². The van der Waals surface area contributed by atoms with E-state index in [1.165, 1.54) is 19.3 Å². The Kier molecular flexibility index (Phi) is 4.78. The average molecular weight is 307 g/mol. The Bertz CT molecular complexity index is 502. The van der Waals surface area contributed by atoms with Gasteiger partial charge in [0.1, 0.15) is 0 Å². The number of rotatable bonds is 4. The molecule has 1 aromatic heterocycles. The molecule has 22 heavy (non-hydrogen) atoms. The normalized spacial score (nSPS) is 22.4. The number of nitrogens with one attached hydrogen (secondary N) is 1. The molecule has 6 heteroatoms. The van der Waals surface area contributed by atoms with Gasteiger partial charge in [0.2, 0.25) is 5.76 Å². The Morgan fingerprint density at radius 3 is 2.68 bits per heavy atom. The minimum atomic E-state index is -0.168. The fraction of sp³-hybridized carbons (Fsp3) is 0.750. The smallest absolute Gasteiger partial charge is 0.289 e. The number of morpholine rings is 1. The molecule has 1 saturated heterocycles. The number of hydrogen-bond donors (Lipinski definition) is 1. The highest BCUT2D eigenvalue weighted by molar-refractivity contribution is 5.91. The second-order valence-corrected chi connectivity index (χ2v) is 6.40. The highest BCUT2D eigenvalue weighted by Crippen LogP contribution is 2.33. The van der Waals surface area contributed by atoms with Gasteiger partial charge in [-0.2, -0.15) is 0 Å². The molecule has 0 atom stereocenters. The van der Waals surface area contributed by atoms with Gasteiger partial charge in [0.15, 0.2) is 0 Å². The van der Waals surface area contributed by atoms with Gasteiger partial charge in [0.05, 0.1) is 18.9 Å². The summed E-state index contributed by atoms with van der Waals surface area (Å²) < 4.78 is 10.5. The van der Waals surface area contributed by atoms with Gasteiger partial charge in [-0.05, 0) is 19.8 Å². The van der Waals surface area contributed by atoms with Gasteiger partial charge < -0.3 is 14.6 Å². The highest BCUT2D eigenvalue weighted by Gasteiger charge is 2.39. The lowest BCUT2D eigenvalue weighted by Crippen LogP contribution is -2.59. The van der Waals surface area contributed by atoms with E-state index in [2.05, 4.69) is 15.4 Å². The van der Waals surface area contributed by atoms with Crippen molar-refractivity contribution in [1.29, 1.82) is 0 Å². The number of carbonyl (C=O) groups is 1. The zero-order valence-electron chi connectivity index (χ0n) is 13.3.